The number of methoxy groups -OCH3 is 1. The first-order valence-corrected chi connectivity index (χ1v) is 7.74. The van der Waals surface area contributed by atoms with Gasteiger partial charge in [-0.3, -0.25) is 4.79 Å². The van der Waals surface area contributed by atoms with Crippen LogP contribution in [0.5, 0.6) is 0 Å². The SMILES string of the molecule is CO[C@H]1CCCC[C@@H]1NC(=O)CCc1ccc(C(=O)O)cc1. The smallest absolute Gasteiger partial charge is 0.335 e. The van der Waals surface area contributed by atoms with Gasteiger partial charge in [0.15, 0.2) is 0 Å². The Kier molecular flexibility index (Phi) is 5.95. The molecule has 0 aromatic heterocycles. The van der Waals surface area contributed by atoms with Crippen molar-refractivity contribution < 1.29 is 19.4 Å². The van der Waals surface area contributed by atoms with Crippen molar-refractivity contribution in [3.8, 4) is 0 Å². The van der Waals surface area contributed by atoms with Gasteiger partial charge < -0.3 is 15.2 Å². The van der Waals surface area contributed by atoms with Gasteiger partial charge in [-0.05, 0) is 37.0 Å². The van der Waals surface area contributed by atoms with Gasteiger partial charge in [0.05, 0.1) is 17.7 Å². The lowest BCUT2D eigenvalue weighted by atomic mass is 9.92. The molecule has 1 saturated carbocycles. The summed E-state index contributed by atoms with van der Waals surface area (Å²) in [5.41, 5.74) is 1.23. The molecule has 2 rings (SSSR count). The van der Waals surface area contributed by atoms with E-state index in [1.807, 2.05) is 0 Å². The van der Waals surface area contributed by atoms with E-state index in [2.05, 4.69) is 5.32 Å². The van der Waals surface area contributed by atoms with Crippen molar-refractivity contribution in [3.63, 3.8) is 0 Å². The normalized spacial score (nSPS) is 21.3. The predicted molar refractivity (Wildman–Crippen MR) is 82.9 cm³/mol. The zero-order chi connectivity index (χ0) is 15.9. The van der Waals surface area contributed by atoms with Crippen molar-refractivity contribution >= 4 is 11.9 Å². The van der Waals surface area contributed by atoms with Crippen molar-refractivity contribution in [1.82, 2.24) is 5.32 Å². The molecule has 1 fully saturated rings. The van der Waals surface area contributed by atoms with Gasteiger partial charge in [-0.25, -0.2) is 4.79 Å². The third-order valence-corrected chi connectivity index (χ3v) is 4.19. The molecule has 0 radical (unpaired) electrons. The van der Waals surface area contributed by atoms with Gasteiger partial charge in [0.1, 0.15) is 0 Å². The van der Waals surface area contributed by atoms with Crippen molar-refractivity contribution in [2.75, 3.05) is 7.11 Å². The van der Waals surface area contributed by atoms with Crippen LogP contribution in [0.15, 0.2) is 24.3 Å². The molecule has 120 valence electrons. The number of hydrogen-bond donors (Lipinski definition) is 2. The predicted octanol–water partition coefficient (Wildman–Crippen LogP) is 2.39. The molecule has 2 atom stereocenters. The Balaban J connectivity index is 1.80. The summed E-state index contributed by atoms with van der Waals surface area (Å²) in [6, 6.07) is 6.76. The standard InChI is InChI=1S/C17H23NO4/c1-22-15-5-3-2-4-14(15)18-16(19)11-8-12-6-9-13(10-7-12)17(20)21/h6-7,9-10,14-15H,2-5,8,11H2,1H3,(H,18,19)(H,20,21)/t14-,15-/m0/s1. The minimum Gasteiger partial charge on any atom is -0.478 e. The lowest BCUT2D eigenvalue weighted by molar-refractivity contribution is -0.123. The van der Waals surface area contributed by atoms with E-state index in [1.165, 1.54) is 0 Å². The van der Waals surface area contributed by atoms with E-state index < -0.39 is 5.97 Å². The highest BCUT2D eigenvalue weighted by Crippen LogP contribution is 2.20. The molecule has 0 aliphatic heterocycles. The van der Waals surface area contributed by atoms with Gasteiger partial charge in [0, 0.05) is 13.5 Å². The fourth-order valence-corrected chi connectivity index (χ4v) is 2.89. The van der Waals surface area contributed by atoms with Crippen LogP contribution in [0.3, 0.4) is 0 Å². The lowest BCUT2D eigenvalue weighted by Gasteiger charge is -2.31. The number of aryl methyl sites for hydroxylation is 1. The quantitative estimate of drug-likeness (QED) is 0.846. The summed E-state index contributed by atoms with van der Waals surface area (Å²) in [6.45, 7) is 0. The summed E-state index contributed by atoms with van der Waals surface area (Å²) in [4.78, 5) is 22.8. The molecule has 1 amide bonds. The first kappa shape index (κ1) is 16.5. The maximum absolute atomic E-state index is 12.1. The average molecular weight is 305 g/mol. The monoisotopic (exact) mass is 305 g/mol. The van der Waals surface area contributed by atoms with Crippen LogP contribution in [-0.2, 0) is 16.0 Å². The molecule has 0 saturated heterocycles. The molecule has 0 spiro atoms. The first-order valence-electron chi connectivity index (χ1n) is 7.74. The molecule has 0 heterocycles. The Bertz CT molecular complexity index is 512. The van der Waals surface area contributed by atoms with Gasteiger partial charge in [-0.1, -0.05) is 25.0 Å². The zero-order valence-electron chi connectivity index (χ0n) is 12.9. The van der Waals surface area contributed by atoms with Gasteiger partial charge in [-0.2, -0.15) is 0 Å². The van der Waals surface area contributed by atoms with Crippen molar-refractivity contribution in [2.24, 2.45) is 0 Å². The van der Waals surface area contributed by atoms with Crippen LogP contribution in [0.4, 0.5) is 0 Å². The number of carboxylic acid groups (broad SMARTS) is 1. The Morgan fingerprint density at radius 2 is 1.91 bits per heavy atom. The highest BCUT2D eigenvalue weighted by Gasteiger charge is 2.25. The Morgan fingerprint density at radius 1 is 1.23 bits per heavy atom. The van der Waals surface area contributed by atoms with Gasteiger partial charge >= 0.3 is 5.97 Å². The summed E-state index contributed by atoms with van der Waals surface area (Å²) in [5.74, 6) is -0.913. The summed E-state index contributed by atoms with van der Waals surface area (Å²) in [6.07, 6.45) is 5.38. The van der Waals surface area contributed by atoms with Crippen molar-refractivity contribution in [1.29, 1.82) is 0 Å². The largest absolute Gasteiger partial charge is 0.478 e. The molecule has 1 aliphatic rings. The lowest BCUT2D eigenvalue weighted by Crippen LogP contribution is -2.46. The van der Waals surface area contributed by atoms with Gasteiger partial charge in [0.25, 0.3) is 0 Å². The second-order valence-electron chi connectivity index (χ2n) is 5.73. The maximum atomic E-state index is 12.1. The Morgan fingerprint density at radius 3 is 2.55 bits per heavy atom. The van der Waals surface area contributed by atoms with Crippen LogP contribution in [0.1, 0.15) is 48.0 Å². The summed E-state index contributed by atoms with van der Waals surface area (Å²) >= 11 is 0. The number of benzene rings is 1. The third-order valence-electron chi connectivity index (χ3n) is 4.19. The Hall–Kier alpha value is -1.88. The van der Waals surface area contributed by atoms with Crippen LogP contribution < -0.4 is 5.32 Å². The molecule has 1 aromatic carbocycles. The van der Waals surface area contributed by atoms with E-state index in [9.17, 15) is 9.59 Å². The number of aromatic carboxylic acids is 1. The van der Waals surface area contributed by atoms with Crippen molar-refractivity contribution in [3.05, 3.63) is 35.4 Å². The highest BCUT2D eigenvalue weighted by molar-refractivity contribution is 5.87. The first-order chi connectivity index (χ1) is 10.6. The molecule has 0 bridgehead atoms. The zero-order valence-corrected chi connectivity index (χ0v) is 12.9. The number of ether oxygens (including phenoxy) is 1. The molecule has 0 unspecified atom stereocenters. The molecule has 2 N–H and O–H groups in total. The fourth-order valence-electron chi connectivity index (χ4n) is 2.89. The van der Waals surface area contributed by atoms with Crippen molar-refractivity contribution in [2.45, 2.75) is 50.7 Å². The number of nitrogens with one attached hydrogen (secondary N) is 1. The summed E-state index contributed by atoms with van der Waals surface area (Å²) in [5, 5.41) is 11.9. The molecular formula is C17H23NO4. The number of hydrogen-bond acceptors (Lipinski definition) is 3. The van der Waals surface area contributed by atoms with E-state index in [0.717, 1.165) is 31.2 Å². The molecule has 22 heavy (non-hydrogen) atoms. The van der Waals surface area contributed by atoms with Gasteiger partial charge in [-0.15, -0.1) is 0 Å². The van der Waals surface area contributed by atoms with E-state index in [1.54, 1.807) is 31.4 Å². The van der Waals surface area contributed by atoms with E-state index in [4.69, 9.17) is 9.84 Å². The van der Waals surface area contributed by atoms with Crippen LogP contribution in [0.2, 0.25) is 0 Å². The summed E-state index contributed by atoms with van der Waals surface area (Å²) < 4.78 is 5.43. The van der Waals surface area contributed by atoms with E-state index in [0.29, 0.717) is 12.8 Å². The van der Waals surface area contributed by atoms with Crippen LogP contribution in [0, 0.1) is 0 Å². The minimum absolute atomic E-state index is 0.0243. The van der Waals surface area contributed by atoms with Crippen LogP contribution in [-0.4, -0.2) is 36.2 Å². The second kappa shape index (κ2) is 7.94. The number of carbonyl (C=O) groups is 2. The maximum Gasteiger partial charge on any atom is 0.335 e. The molecule has 5 nitrogen and oxygen atoms in total. The topological polar surface area (TPSA) is 75.6 Å². The molecular weight excluding hydrogens is 282 g/mol. The second-order valence-corrected chi connectivity index (χ2v) is 5.73. The van der Waals surface area contributed by atoms with Crippen LogP contribution in [0.25, 0.3) is 0 Å². The average Bonchev–Trinajstić information content (AvgIpc) is 2.54. The fraction of sp³-hybridized carbons (Fsp3) is 0.529. The summed E-state index contributed by atoms with van der Waals surface area (Å²) in [7, 11) is 1.69. The van der Waals surface area contributed by atoms with E-state index in [-0.39, 0.29) is 23.6 Å². The molecule has 5 heteroatoms. The van der Waals surface area contributed by atoms with Gasteiger partial charge in [0.2, 0.25) is 5.91 Å². The van der Waals surface area contributed by atoms with E-state index >= 15 is 0 Å². The molecule has 1 aromatic rings. The third kappa shape index (κ3) is 4.56. The number of amides is 1. The number of carboxylic acids is 1. The number of carbonyl (C=O) groups excluding carboxylic acids is 1. The Labute approximate surface area is 130 Å². The minimum atomic E-state index is -0.938. The highest BCUT2D eigenvalue weighted by atomic mass is 16.5. The molecule has 1 aliphatic carbocycles. The number of rotatable bonds is 6. The van der Waals surface area contributed by atoms with Crippen LogP contribution >= 0.6 is 0 Å².